The molecule has 11 nitrogen and oxygen atoms in total. The van der Waals surface area contributed by atoms with E-state index in [1.807, 2.05) is 12.1 Å². The molecule has 0 unspecified atom stereocenters. The number of H-pyrrole nitrogens is 1. The van der Waals surface area contributed by atoms with Crippen LogP contribution in [0.4, 0.5) is 0 Å². The normalized spacial score (nSPS) is 11.3. The quantitative estimate of drug-likeness (QED) is 0.135. The predicted molar refractivity (Wildman–Crippen MR) is 124 cm³/mol. The third kappa shape index (κ3) is 5.00. The van der Waals surface area contributed by atoms with Crippen LogP contribution in [0.3, 0.4) is 0 Å². The zero-order valence-electron chi connectivity index (χ0n) is 18.1. The fourth-order valence-corrected chi connectivity index (χ4v) is 3.94. The van der Waals surface area contributed by atoms with E-state index >= 15 is 0 Å². The van der Waals surface area contributed by atoms with Gasteiger partial charge >= 0.3 is 0 Å². The van der Waals surface area contributed by atoms with E-state index in [0.717, 1.165) is 29.4 Å². The fourth-order valence-electron chi connectivity index (χ4n) is 3.58. The van der Waals surface area contributed by atoms with Gasteiger partial charge in [-0.3, -0.25) is 25.2 Å². The van der Waals surface area contributed by atoms with Crippen molar-refractivity contribution in [3.05, 3.63) is 62.5 Å². The summed E-state index contributed by atoms with van der Waals surface area (Å²) in [6.07, 6.45) is 7.25. The fraction of sp³-hybridized carbons (Fsp3) is 0.381. The van der Waals surface area contributed by atoms with Gasteiger partial charge in [0.2, 0.25) is 11.5 Å². The summed E-state index contributed by atoms with van der Waals surface area (Å²) in [7, 11) is 0. The van der Waals surface area contributed by atoms with Gasteiger partial charge in [-0.25, -0.2) is 9.55 Å². The molecule has 3 N–H and O–H groups in total. The van der Waals surface area contributed by atoms with E-state index in [4.69, 9.17) is 15.3 Å². The number of nitrogens with one attached hydrogen (secondary N) is 3. The van der Waals surface area contributed by atoms with Crippen molar-refractivity contribution < 1.29 is 4.52 Å². The summed E-state index contributed by atoms with van der Waals surface area (Å²) in [5.74, 6) is 0.902. The first-order chi connectivity index (χ1) is 16.0. The zero-order valence-corrected chi connectivity index (χ0v) is 19.7. The standard InChI is InChI=1S/C21H24BrN9O2/c1-2-3-4-11-30-18-17(27-20(22)28-18)19(32)31(21(30)24)14(23)5-6-16-26-15(29-33-16)12-13-7-9-25-10-8-13/h7-10,23-24H,2-6,11-12H2,1H3,(H,27,28). The van der Waals surface area contributed by atoms with Gasteiger partial charge in [-0.1, -0.05) is 24.9 Å². The molecular formula is C21H24BrN9O2. The van der Waals surface area contributed by atoms with Crippen molar-refractivity contribution in [1.29, 1.82) is 10.8 Å². The van der Waals surface area contributed by atoms with Crippen molar-refractivity contribution in [2.75, 3.05) is 0 Å². The minimum atomic E-state index is -0.478. The van der Waals surface area contributed by atoms with Crippen LogP contribution in [0.1, 0.15) is 49.9 Å². The highest BCUT2D eigenvalue weighted by Gasteiger charge is 2.18. The summed E-state index contributed by atoms with van der Waals surface area (Å²) in [4.78, 5) is 28.6. The van der Waals surface area contributed by atoms with Crippen LogP contribution in [0.5, 0.6) is 0 Å². The Balaban J connectivity index is 1.54. The number of aromatic amines is 1. The molecule has 0 aliphatic rings. The van der Waals surface area contributed by atoms with Crippen LogP contribution in [-0.2, 0) is 19.4 Å². The lowest BCUT2D eigenvalue weighted by atomic mass is 10.2. The average molecular weight is 514 g/mol. The smallest absolute Gasteiger partial charge is 0.286 e. The monoisotopic (exact) mass is 513 g/mol. The average Bonchev–Trinajstić information content (AvgIpc) is 3.41. The van der Waals surface area contributed by atoms with Crippen molar-refractivity contribution in [3.63, 3.8) is 0 Å². The maximum atomic E-state index is 13.0. The van der Waals surface area contributed by atoms with E-state index in [1.165, 1.54) is 0 Å². The van der Waals surface area contributed by atoms with E-state index in [-0.39, 0.29) is 29.8 Å². The summed E-state index contributed by atoms with van der Waals surface area (Å²) in [5, 5.41) is 21.1. The number of aromatic nitrogens is 7. The SMILES string of the molecule is CCCCCn1c(=N)n(C(=N)CCc2nc(Cc3ccncc3)no2)c(=O)c2[nH]c(Br)nc21. The molecule has 0 atom stereocenters. The summed E-state index contributed by atoms with van der Waals surface area (Å²) < 4.78 is 8.50. The van der Waals surface area contributed by atoms with Crippen molar-refractivity contribution in [1.82, 2.24) is 34.2 Å². The van der Waals surface area contributed by atoms with Gasteiger partial charge in [0.15, 0.2) is 21.7 Å². The van der Waals surface area contributed by atoms with E-state index in [2.05, 4.69) is 47.9 Å². The molecule has 0 bridgehead atoms. The van der Waals surface area contributed by atoms with Crippen LogP contribution in [0, 0.1) is 10.8 Å². The van der Waals surface area contributed by atoms with Gasteiger partial charge in [0.1, 0.15) is 5.84 Å². The molecule has 172 valence electrons. The van der Waals surface area contributed by atoms with Crippen molar-refractivity contribution in [2.45, 2.75) is 52.0 Å². The second-order valence-electron chi connectivity index (χ2n) is 7.63. The molecule has 33 heavy (non-hydrogen) atoms. The molecule has 4 rings (SSSR count). The van der Waals surface area contributed by atoms with Crippen molar-refractivity contribution in [2.24, 2.45) is 0 Å². The largest absolute Gasteiger partial charge is 0.339 e. The minimum absolute atomic E-state index is 0.0178. The van der Waals surface area contributed by atoms with Crippen molar-refractivity contribution in [3.8, 4) is 0 Å². The number of halogens is 1. The Kier molecular flexibility index (Phi) is 6.92. The maximum absolute atomic E-state index is 13.0. The van der Waals surface area contributed by atoms with E-state index in [1.54, 1.807) is 17.0 Å². The Morgan fingerprint density at radius 3 is 2.79 bits per heavy atom. The van der Waals surface area contributed by atoms with E-state index in [9.17, 15) is 4.79 Å². The first kappa shape index (κ1) is 22.8. The van der Waals surface area contributed by atoms with E-state index in [0.29, 0.717) is 35.1 Å². The Labute approximate surface area is 197 Å². The van der Waals surface area contributed by atoms with Gasteiger partial charge in [0.05, 0.1) is 0 Å². The highest BCUT2D eigenvalue weighted by Crippen LogP contribution is 2.12. The molecule has 0 fully saturated rings. The van der Waals surface area contributed by atoms with Gasteiger partial charge in [-0.05, 0) is 40.0 Å². The highest BCUT2D eigenvalue weighted by molar-refractivity contribution is 9.10. The topological polar surface area (TPSA) is 155 Å². The van der Waals surface area contributed by atoms with Gasteiger partial charge < -0.3 is 9.51 Å². The van der Waals surface area contributed by atoms with Crippen LogP contribution < -0.4 is 11.2 Å². The molecule has 0 aliphatic carbocycles. The summed E-state index contributed by atoms with van der Waals surface area (Å²) >= 11 is 3.27. The maximum Gasteiger partial charge on any atom is 0.286 e. The summed E-state index contributed by atoms with van der Waals surface area (Å²) in [6, 6.07) is 3.77. The van der Waals surface area contributed by atoms with E-state index < -0.39 is 5.56 Å². The van der Waals surface area contributed by atoms with Crippen LogP contribution in [-0.4, -0.2) is 40.1 Å². The van der Waals surface area contributed by atoms with Crippen LogP contribution >= 0.6 is 15.9 Å². The summed E-state index contributed by atoms with van der Waals surface area (Å²) in [5.41, 5.74) is 1.14. The van der Waals surface area contributed by atoms with Gasteiger partial charge in [0.25, 0.3) is 5.56 Å². The first-order valence-electron chi connectivity index (χ1n) is 10.7. The number of pyridine rings is 1. The number of hydrogen-bond donors (Lipinski definition) is 3. The third-order valence-corrected chi connectivity index (χ3v) is 5.62. The molecule has 0 aromatic carbocycles. The molecule has 0 aliphatic heterocycles. The molecule has 4 heterocycles. The molecule has 0 saturated heterocycles. The Morgan fingerprint density at radius 1 is 1.24 bits per heavy atom. The second kappa shape index (κ2) is 10.0. The van der Waals surface area contributed by atoms with Crippen LogP contribution in [0.2, 0.25) is 0 Å². The number of imidazole rings is 1. The Morgan fingerprint density at radius 2 is 2.03 bits per heavy atom. The molecular weight excluding hydrogens is 490 g/mol. The third-order valence-electron chi connectivity index (χ3n) is 5.25. The van der Waals surface area contributed by atoms with Crippen LogP contribution in [0.25, 0.3) is 11.2 Å². The lowest BCUT2D eigenvalue weighted by Crippen LogP contribution is -2.44. The zero-order chi connectivity index (χ0) is 23.4. The van der Waals surface area contributed by atoms with Gasteiger partial charge in [-0.2, -0.15) is 4.98 Å². The molecule has 4 aromatic rings. The van der Waals surface area contributed by atoms with Gasteiger partial charge in [0, 0.05) is 38.2 Å². The minimum Gasteiger partial charge on any atom is -0.339 e. The number of rotatable bonds is 9. The van der Waals surface area contributed by atoms with Crippen LogP contribution in [0.15, 0.2) is 38.6 Å². The second-order valence-corrected chi connectivity index (χ2v) is 8.38. The molecule has 0 radical (unpaired) electrons. The number of unbranched alkanes of at least 4 members (excludes halogenated alkanes) is 2. The number of nitrogens with zero attached hydrogens (tertiary/aromatic N) is 6. The predicted octanol–water partition coefficient (Wildman–Crippen LogP) is 2.79. The number of aryl methyl sites for hydroxylation is 2. The van der Waals surface area contributed by atoms with Gasteiger partial charge in [-0.15, -0.1) is 0 Å². The lowest BCUT2D eigenvalue weighted by molar-refractivity contribution is 0.375. The Hall–Kier alpha value is -3.41. The van der Waals surface area contributed by atoms with Crippen molar-refractivity contribution >= 4 is 32.9 Å². The first-order valence-corrected chi connectivity index (χ1v) is 11.5. The number of hydrogen-bond acceptors (Lipinski definition) is 8. The molecule has 4 aromatic heterocycles. The summed E-state index contributed by atoms with van der Waals surface area (Å²) in [6.45, 7) is 2.64. The highest BCUT2D eigenvalue weighted by atomic mass is 79.9. The Bertz CT molecular complexity index is 1380. The molecule has 0 amide bonds. The molecule has 0 spiro atoms. The lowest BCUT2D eigenvalue weighted by Gasteiger charge is -2.13. The molecule has 12 heteroatoms. The molecule has 0 saturated carbocycles. The number of fused-ring (bicyclic) bond motifs is 1.